The Balaban J connectivity index is 2.15. The fraction of sp³-hybridized carbons (Fsp3) is 0.300. The van der Waals surface area contributed by atoms with Crippen molar-refractivity contribution in [3.8, 4) is 0 Å². The predicted molar refractivity (Wildman–Crippen MR) is 54.8 cm³/mol. The number of carboxylic acids is 1. The van der Waals surface area contributed by atoms with Crippen LogP contribution in [0.25, 0.3) is 0 Å². The average Bonchev–Trinajstić information content (AvgIpc) is 2.25. The molecule has 1 unspecified atom stereocenters. The molecule has 0 aromatic heterocycles. The van der Waals surface area contributed by atoms with Gasteiger partial charge in [-0.25, -0.2) is 5.48 Å². The van der Waals surface area contributed by atoms with Crippen LogP contribution in [0.1, 0.15) is 5.56 Å². The lowest BCUT2D eigenvalue weighted by Gasteiger charge is -2.08. The molecule has 0 heterocycles. The molecule has 82 valence electrons. The number of carbonyl (C=O) groups is 1. The molecule has 1 aromatic carbocycles. The maximum absolute atomic E-state index is 10.3. The summed E-state index contributed by atoms with van der Waals surface area (Å²) in [6.45, 7) is 0.468. The Kier molecular flexibility index (Phi) is 4.76. The third kappa shape index (κ3) is 4.55. The molecule has 0 amide bonds. The normalized spacial score (nSPS) is 12.3. The van der Waals surface area contributed by atoms with Crippen LogP contribution in [-0.4, -0.2) is 23.7 Å². The van der Waals surface area contributed by atoms with E-state index >= 15 is 0 Å². The van der Waals surface area contributed by atoms with E-state index in [0.717, 1.165) is 5.56 Å². The SMILES string of the molecule is NC(CNOCc1ccccc1)C(=O)O. The molecule has 0 aliphatic heterocycles. The maximum Gasteiger partial charge on any atom is 0.321 e. The largest absolute Gasteiger partial charge is 0.480 e. The molecule has 0 fully saturated rings. The first kappa shape index (κ1) is 11.6. The Morgan fingerprint density at radius 1 is 1.47 bits per heavy atom. The van der Waals surface area contributed by atoms with Crippen molar-refractivity contribution in [3.05, 3.63) is 35.9 Å². The molecule has 1 aromatic rings. The summed E-state index contributed by atoms with van der Waals surface area (Å²) >= 11 is 0. The van der Waals surface area contributed by atoms with Gasteiger partial charge in [0.25, 0.3) is 0 Å². The van der Waals surface area contributed by atoms with Crippen LogP contribution >= 0.6 is 0 Å². The highest BCUT2D eigenvalue weighted by Gasteiger charge is 2.09. The zero-order valence-electron chi connectivity index (χ0n) is 8.22. The van der Waals surface area contributed by atoms with Gasteiger partial charge in [0.2, 0.25) is 0 Å². The van der Waals surface area contributed by atoms with Crippen molar-refractivity contribution in [2.75, 3.05) is 6.54 Å². The lowest BCUT2D eigenvalue weighted by Crippen LogP contribution is -2.40. The quantitative estimate of drug-likeness (QED) is 0.458. The van der Waals surface area contributed by atoms with E-state index in [1.165, 1.54) is 0 Å². The first-order chi connectivity index (χ1) is 7.20. The summed E-state index contributed by atoms with van der Waals surface area (Å²) in [4.78, 5) is 15.4. The van der Waals surface area contributed by atoms with E-state index < -0.39 is 12.0 Å². The lowest BCUT2D eigenvalue weighted by molar-refractivity contribution is -0.139. The third-order valence-electron chi connectivity index (χ3n) is 1.80. The van der Waals surface area contributed by atoms with Crippen LogP contribution < -0.4 is 11.2 Å². The Morgan fingerprint density at radius 3 is 2.73 bits per heavy atom. The fourth-order valence-electron chi connectivity index (χ4n) is 0.945. The number of hydrogen-bond acceptors (Lipinski definition) is 4. The minimum atomic E-state index is -1.05. The van der Waals surface area contributed by atoms with Crippen LogP contribution in [0.15, 0.2) is 30.3 Å². The Morgan fingerprint density at radius 2 is 2.13 bits per heavy atom. The monoisotopic (exact) mass is 210 g/mol. The predicted octanol–water partition coefficient (Wildman–Crippen LogP) is 0.120. The van der Waals surface area contributed by atoms with Gasteiger partial charge < -0.3 is 10.8 Å². The molecule has 0 aliphatic carbocycles. The molecule has 4 N–H and O–H groups in total. The van der Waals surface area contributed by atoms with Crippen LogP contribution in [0.3, 0.4) is 0 Å². The highest BCUT2D eigenvalue weighted by molar-refractivity contribution is 5.73. The Hall–Kier alpha value is -1.43. The van der Waals surface area contributed by atoms with Gasteiger partial charge in [-0.3, -0.25) is 9.63 Å². The van der Waals surface area contributed by atoms with Crippen molar-refractivity contribution in [3.63, 3.8) is 0 Å². The second kappa shape index (κ2) is 6.13. The van der Waals surface area contributed by atoms with E-state index in [0.29, 0.717) is 6.61 Å². The van der Waals surface area contributed by atoms with Crippen molar-refractivity contribution in [1.82, 2.24) is 5.48 Å². The van der Waals surface area contributed by atoms with Gasteiger partial charge in [-0.2, -0.15) is 0 Å². The number of carboxylic acid groups (broad SMARTS) is 1. The smallest absolute Gasteiger partial charge is 0.321 e. The lowest BCUT2D eigenvalue weighted by atomic mass is 10.2. The topological polar surface area (TPSA) is 84.6 Å². The summed E-state index contributed by atoms with van der Waals surface area (Å²) in [6.07, 6.45) is 0. The molecular formula is C10H14N2O3. The van der Waals surface area contributed by atoms with Crippen molar-refractivity contribution < 1.29 is 14.7 Å². The second-order valence-electron chi connectivity index (χ2n) is 3.07. The number of aliphatic carboxylic acids is 1. The van der Waals surface area contributed by atoms with Crippen LogP contribution in [0.2, 0.25) is 0 Å². The minimum absolute atomic E-state index is 0.0855. The second-order valence-corrected chi connectivity index (χ2v) is 3.07. The first-order valence-electron chi connectivity index (χ1n) is 4.57. The molecular weight excluding hydrogens is 196 g/mol. The van der Waals surface area contributed by atoms with E-state index in [2.05, 4.69) is 5.48 Å². The number of nitrogens with two attached hydrogens (primary N) is 1. The van der Waals surface area contributed by atoms with E-state index in [9.17, 15) is 4.79 Å². The summed E-state index contributed by atoms with van der Waals surface area (Å²) in [7, 11) is 0. The van der Waals surface area contributed by atoms with Crippen LogP contribution in [0.5, 0.6) is 0 Å². The van der Waals surface area contributed by atoms with Crippen molar-refractivity contribution in [2.45, 2.75) is 12.6 Å². The molecule has 5 nitrogen and oxygen atoms in total. The zero-order valence-corrected chi connectivity index (χ0v) is 8.22. The first-order valence-corrected chi connectivity index (χ1v) is 4.57. The van der Waals surface area contributed by atoms with Crippen molar-refractivity contribution in [2.24, 2.45) is 5.73 Å². The molecule has 0 aliphatic rings. The van der Waals surface area contributed by atoms with E-state index in [-0.39, 0.29) is 6.54 Å². The maximum atomic E-state index is 10.3. The van der Waals surface area contributed by atoms with Crippen molar-refractivity contribution >= 4 is 5.97 Å². The number of hydroxylamine groups is 1. The summed E-state index contributed by atoms with van der Waals surface area (Å²) in [5, 5.41) is 8.48. The summed E-state index contributed by atoms with van der Waals surface area (Å²) in [5.74, 6) is -1.05. The highest BCUT2D eigenvalue weighted by Crippen LogP contribution is 1.98. The van der Waals surface area contributed by atoms with Crippen LogP contribution in [0.4, 0.5) is 0 Å². The van der Waals surface area contributed by atoms with Crippen LogP contribution in [-0.2, 0) is 16.2 Å². The molecule has 0 radical (unpaired) electrons. The Bertz CT molecular complexity index is 303. The molecule has 0 bridgehead atoms. The Labute approximate surface area is 87.8 Å². The van der Waals surface area contributed by atoms with Gasteiger partial charge in [0.05, 0.1) is 6.61 Å². The standard InChI is InChI=1S/C10H14N2O3/c11-9(10(13)14)6-12-15-7-8-4-2-1-3-5-8/h1-5,9,12H,6-7,11H2,(H,13,14). The van der Waals surface area contributed by atoms with E-state index in [1.54, 1.807) is 0 Å². The number of hydrogen-bond donors (Lipinski definition) is 3. The molecule has 1 atom stereocenters. The number of nitrogens with one attached hydrogen (secondary N) is 1. The summed E-state index contributed by atoms with van der Waals surface area (Å²) in [5.41, 5.74) is 8.77. The average molecular weight is 210 g/mol. The van der Waals surface area contributed by atoms with Gasteiger partial charge in [0.15, 0.2) is 0 Å². The summed E-state index contributed by atoms with van der Waals surface area (Å²) in [6, 6.07) is 8.61. The third-order valence-corrected chi connectivity index (χ3v) is 1.80. The van der Waals surface area contributed by atoms with Gasteiger partial charge >= 0.3 is 5.97 Å². The van der Waals surface area contributed by atoms with Gasteiger partial charge in [-0.1, -0.05) is 30.3 Å². The summed E-state index contributed by atoms with van der Waals surface area (Å²) < 4.78 is 0. The van der Waals surface area contributed by atoms with E-state index in [4.69, 9.17) is 15.7 Å². The zero-order chi connectivity index (χ0) is 11.1. The van der Waals surface area contributed by atoms with Gasteiger partial charge in [-0.05, 0) is 5.56 Å². The van der Waals surface area contributed by atoms with Gasteiger partial charge in [-0.15, -0.1) is 0 Å². The van der Waals surface area contributed by atoms with Gasteiger partial charge in [0, 0.05) is 6.54 Å². The molecule has 0 spiro atoms. The molecule has 5 heteroatoms. The van der Waals surface area contributed by atoms with Crippen molar-refractivity contribution in [1.29, 1.82) is 0 Å². The molecule has 0 saturated carbocycles. The molecule has 1 rings (SSSR count). The molecule has 15 heavy (non-hydrogen) atoms. The van der Waals surface area contributed by atoms with Crippen LogP contribution in [0, 0.1) is 0 Å². The van der Waals surface area contributed by atoms with E-state index in [1.807, 2.05) is 30.3 Å². The fourth-order valence-corrected chi connectivity index (χ4v) is 0.945. The van der Waals surface area contributed by atoms with Gasteiger partial charge in [0.1, 0.15) is 6.04 Å². The minimum Gasteiger partial charge on any atom is -0.480 e. The number of rotatable bonds is 6. The highest BCUT2D eigenvalue weighted by atomic mass is 16.6. The molecule has 0 saturated heterocycles. The number of benzene rings is 1.